The molecule has 0 amide bonds. The molecule has 19 heavy (non-hydrogen) atoms. The van der Waals surface area contributed by atoms with E-state index in [0.717, 1.165) is 10.0 Å². The molecule has 0 aliphatic carbocycles. The number of anilines is 1. The van der Waals surface area contributed by atoms with Crippen LogP contribution in [0.25, 0.3) is 0 Å². The Morgan fingerprint density at radius 2 is 2.32 bits per heavy atom. The van der Waals surface area contributed by atoms with Crippen LogP contribution in [-0.4, -0.2) is 15.7 Å². The maximum absolute atomic E-state index is 11.6. The van der Waals surface area contributed by atoms with Crippen LogP contribution in [0.1, 0.15) is 5.56 Å². The van der Waals surface area contributed by atoms with Crippen LogP contribution in [0.2, 0.25) is 5.02 Å². The highest BCUT2D eigenvalue weighted by molar-refractivity contribution is 9.10. The van der Waals surface area contributed by atoms with Crippen molar-refractivity contribution in [2.75, 3.05) is 5.73 Å². The molecule has 1 aromatic heterocycles. The Morgan fingerprint density at radius 3 is 2.95 bits per heavy atom. The van der Waals surface area contributed by atoms with Crippen LogP contribution in [0.3, 0.4) is 0 Å². The molecule has 2 aromatic rings. The number of carbonyl (C=O) groups excluding carboxylic acids is 1. The van der Waals surface area contributed by atoms with Gasteiger partial charge in [-0.25, -0.2) is 0 Å². The molecule has 0 aliphatic heterocycles. The van der Waals surface area contributed by atoms with E-state index in [-0.39, 0.29) is 13.2 Å². The second kappa shape index (κ2) is 6.08. The van der Waals surface area contributed by atoms with Crippen molar-refractivity contribution in [2.45, 2.75) is 13.2 Å². The fraction of sp³-hybridized carbons (Fsp3) is 0.167. The maximum atomic E-state index is 11.6. The summed E-state index contributed by atoms with van der Waals surface area (Å²) in [6.07, 6.45) is 3.03. The van der Waals surface area contributed by atoms with Crippen LogP contribution >= 0.6 is 27.5 Å². The van der Waals surface area contributed by atoms with Crippen LogP contribution in [0.15, 0.2) is 35.1 Å². The molecule has 2 N–H and O–H groups in total. The fourth-order valence-corrected chi connectivity index (χ4v) is 2.17. The largest absolute Gasteiger partial charge is 0.459 e. The van der Waals surface area contributed by atoms with Crippen LogP contribution in [0, 0.1) is 0 Å². The second-order valence-corrected chi connectivity index (χ2v) is 5.19. The number of carbonyl (C=O) groups is 1. The Morgan fingerprint density at radius 1 is 1.53 bits per heavy atom. The minimum Gasteiger partial charge on any atom is -0.459 e. The quantitative estimate of drug-likeness (QED) is 0.866. The van der Waals surface area contributed by atoms with Gasteiger partial charge in [-0.3, -0.25) is 9.48 Å². The molecule has 0 saturated heterocycles. The molecule has 1 aromatic carbocycles. The average Bonchev–Trinajstić information content (AvgIpc) is 2.73. The molecule has 0 unspecified atom stereocenters. The highest BCUT2D eigenvalue weighted by Gasteiger charge is 2.08. The zero-order valence-electron chi connectivity index (χ0n) is 9.85. The number of halogens is 2. The van der Waals surface area contributed by atoms with Crippen molar-refractivity contribution in [2.24, 2.45) is 0 Å². The third-order valence-electron chi connectivity index (χ3n) is 2.35. The van der Waals surface area contributed by atoms with Gasteiger partial charge in [0.2, 0.25) is 0 Å². The van der Waals surface area contributed by atoms with E-state index in [1.807, 2.05) is 6.07 Å². The first-order valence-electron chi connectivity index (χ1n) is 5.42. The van der Waals surface area contributed by atoms with Crippen molar-refractivity contribution in [1.82, 2.24) is 9.78 Å². The molecule has 7 heteroatoms. The second-order valence-electron chi connectivity index (χ2n) is 3.87. The summed E-state index contributed by atoms with van der Waals surface area (Å²) in [5.74, 6) is -0.401. The van der Waals surface area contributed by atoms with Crippen molar-refractivity contribution in [3.8, 4) is 0 Å². The zero-order valence-corrected chi connectivity index (χ0v) is 12.2. The fourth-order valence-electron chi connectivity index (χ4n) is 1.44. The number of nitrogens with zero attached hydrogens (tertiary/aromatic N) is 2. The number of hydrogen-bond acceptors (Lipinski definition) is 4. The van der Waals surface area contributed by atoms with Gasteiger partial charge >= 0.3 is 5.97 Å². The highest BCUT2D eigenvalue weighted by atomic mass is 79.9. The predicted octanol–water partition coefficient (Wildman–Crippen LogP) is 2.62. The van der Waals surface area contributed by atoms with Crippen molar-refractivity contribution in [1.29, 1.82) is 0 Å². The maximum Gasteiger partial charge on any atom is 0.328 e. The lowest BCUT2D eigenvalue weighted by Crippen LogP contribution is -2.13. The average molecular weight is 345 g/mol. The number of benzene rings is 1. The molecule has 0 atom stereocenters. The van der Waals surface area contributed by atoms with Crippen LogP contribution < -0.4 is 5.73 Å². The molecule has 0 bridgehead atoms. The molecule has 5 nitrogen and oxygen atoms in total. The van der Waals surface area contributed by atoms with Crippen LogP contribution in [0.5, 0.6) is 0 Å². The molecule has 0 aliphatic rings. The minimum absolute atomic E-state index is 0.0192. The molecule has 1 heterocycles. The van der Waals surface area contributed by atoms with E-state index in [1.54, 1.807) is 18.3 Å². The normalized spacial score (nSPS) is 10.4. The minimum atomic E-state index is -0.401. The van der Waals surface area contributed by atoms with E-state index in [9.17, 15) is 4.79 Å². The lowest BCUT2D eigenvalue weighted by molar-refractivity contribution is -0.145. The Kier molecular flexibility index (Phi) is 4.44. The first-order chi connectivity index (χ1) is 9.04. The third-order valence-corrected chi connectivity index (χ3v) is 3.19. The van der Waals surface area contributed by atoms with E-state index >= 15 is 0 Å². The Balaban J connectivity index is 1.89. The Hall–Kier alpha value is -1.53. The number of ether oxygens (including phenoxy) is 1. The van der Waals surface area contributed by atoms with Crippen LogP contribution in [-0.2, 0) is 22.7 Å². The van der Waals surface area contributed by atoms with Gasteiger partial charge in [0, 0.05) is 21.3 Å². The summed E-state index contributed by atoms with van der Waals surface area (Å²) in [7, 11) is 0. The zero-order chi connectivity index (χ0) is 13.8. The Bertz CT molecular complexity index is 600. The highest BCUT2D eigenvalue weighted by Crippen LogP contribution is 2.21. The van der Waals surface area contributed by atoms with Gasteiger partial charge in [-0.1, -0.05) is 33.6 Å². The summed E-state index contributed by atoms with van der Waals surface area (Å²) in [4.78, 5) is 11.6. The van der Waals surface area contributed by atoms with E-state index < -0.39 is 5.97 Å². The number of esters is 1. The van der Waals surface area contributed by atoms with Gasteiger partial charge in [-0.15, -0.1) is 0 Å². The summed E-state index contributed by atoms with van der Waals surface area (Å²) < 4.78 is 7.41. The first-order valence-corrected chi connectivity index (χ1v) is 6.59. The SMILES string of the molecule is Nc1cnn(CC(=O)OCc2ccc(Br)cc2Cl)c1. The standard InChI is InChI=1S/C12H11BrClN3O2/c13-9-2-1-8(11(14)3-9)7-19-12(18)6-17-5-10(15)4-16-17/h1-5H,6-7,15H2. The van der Waals surface area contributed by atoms with Gasteiger partial charge in [0.25, 0.3) is 0 Å². The third kappa shape index (κ3) is 3.97. The van der Waals surface area contributed by atoms with Crippen molar-refractivity contribution < 1.29 is 9.53 Å². The number of aromatic nitrogens is 2. The van der Waals surface area contributed by atoms with Crippen LogP contribution in [0.4, 0.5) is 5.69 Å². The number of hydrogen-bond donors (Lipinski definition) is 1. The molecule has 0 spiro atoms. The monoisotopic (exact) mass is 343 g/mol. The lowest BCUT2D eigenvalue weighted by Gasteiger charge is -2.07. The smallest absolute Gasteiger partial charge is 0.328 e. The van der Waals surface area contributed by atoms with Crippen molar-refractivity contribution >= 4 is 39.2 Å². The van der Waals surface area contributed by atoms with Gasteiger partial charge < -0.3 is 10.5 Å². The van der Waals surface area contributed by atoms with Gasteiger partial charge in [-0.05, 0) is 12.1 Å². The molecule has 0 radical (unpaired) electrons. The van der Waals surface area contributed by atoms with E-state index in [4.69, 9.17) is 22.1 Å². The summed E-state index contributed by atoms with van der Waals surface area (Å²) in [5, 5.41) is 4.45. The van der Waals surface area contributed by atoms with E-state index in [2.05, 4.69) is 21.0 Å². The van der Waals surface area contributed by atoms with E-state index in [1.165, 1.54) is 10.9 Å². The topological polar surface area (TPSA) is 70.1 Å². The predicted molar refractivity (Wildman–Crippen MR) is 75.6 cm³/mol. The molecule has 0 fully saturated rings. The van der Waals surface area contributed by atoms with Gasteiger partial charge in [0.1, 0.15) is 13.2 Å². The molecule has 0 saturated carbocycles. The van der Waals surface area contributed by atoms with Gasteiger partial charge in [0.15, 0.2) is 0 Å². The van der Waals surface area contributed by atoms with Gasteiger partial charge in [0.05, 0.1) is 11.9 Å². The summed E-state index contributed by atoms with van der Waals surface area (Å²) in [5.41, 5.74) is 6.75. The Labute approximate surface area is 123 Å². The lowest BCUT2D eigenvalue weighted by atomic mass is 10.2. The molecule has 2 rings (SSSR count). The van der Waals surface area contributed by atoms with E-state index in [0.29, 0.717) is 10.7 Å². The van der Waals surface area contributed by atoms with Crippen molar-refractivity contribution in [3.05, 3.63) is 45.7 Å². The molecular weight excluding hydrogens is 334 g/mol. The number of nitrogens with two attached hydrogens (primary N) is 1. The first kappa shape index (κ1) is 13.9. The van der Waals surface area contributed by atoms with Gasteiger partial charge in [-0.2, -0.15) is 5.10 Å². The van der Waals surface area contributed by atoms with Crippen molar-refractivity contribution in [3.63, 3.8) is 0 Å². The summed E-state index contributed by atoms with van der Waals surface area (Å²) >= 11 is 9.33. The summed E-state index contributed by atoms with van der Waals surface area (Å²) in [6, 6.07) is 5.38. The summed E-state index contributed by atoms with van der Waals surface area (Å²) in [6.45, 7) is 0.146. The number of nitrogen functional groups attached to an aromatic ring is 1. The number of rotatable bonds is 4. The molecular formula is C12H11BrClN3O2. The molecule has 100 valence electrons.